The van der Waals surface area contributed by atoms with Gasteiger partial charge in [0.05, 0.1) is 32.6 Å². The summed E-state index contributed by atoms with van der Waals surface area (Å²) in [7, 11) is 4.57. The molecule has 2 heterocycles. The Morgan fingerprint density at radius 2 is 2.07 bits per heavy atom. The number of para-hydroxylation sites is 2. The second kappa shape index (κ2) is 7.97. The zero-order chi connectivity index (χ0) is 20.4. The number of urea groups is 1. The van der Waals surface area contributed by atoms with Gasteiger partial charge in [-0.1, -0.05) is 12.1 Å². The fourth-order valence-electron chi connectivity index (χ4n) is 3.03. The van der Waals surface area contributed by atoms with E-state index in [-0.39, 0.29) is 17.6 Å². The Bertz CT molecular complexity index is 951. The third kappa shape index (κ3) is 3.57. The number of fused-ring (bicyclic) bond motifs is 1. The number of amides is 4. The molecule has 1 N–H and O–H groups in total. The molecule has 146 valence electrons. The number of anilines is 1. The van der Waals surface area contributed by atoms with Crippen LogP contribution in [0.2, 0.25) is 0 Å². The van der Waals surface area contributed by atoms with E-state index in [1.807, 2.05) is 13.0 Å². The molecule has 0 spiro atoms. The normalized spacial score (nSPS) is 19.1. The lowest BCUT2D eigenvalue weighted by Gasteiger charge is -2.27. The van der Waals surface area contributed by atoms with Crippen LogP contribution in [0.3, 0.4) is 0 Å². The van der Waals surface area contributed by atoms with E-state index in [0.29, 0.717) is 17.3 Å². The van der Waals surface area contributed by atoms with Gasteiger partial charge in [-0.2, -0.15) is 9.48 Å². The number of amidine groups is 1. The van der Waals surface area contributed by atoms with E-state index in [1.54, 1.807) is 31.5 Å². The van der Waals surface area contributed by atoms with Crippen molar-refractivity contribution in [2.45, 2.75) is 6.92 Å². The monoisotopic (exact) mass is 401 g/mol. The number of hydrogen-bond acceptors (Lipinski definition) is 6. The summed E-state index contributed by atoms with van der Waals surface area (Å²) in [5.74, 6) is -0.187. The van der Waals surface area contributed by atoms with Crippen LogP contribution < -0.4 is 10.1 Å². The maximum absolute atomic E-state index is 12.7. The highest BCUT2D eigenvalue weighted by molar-refractivity contribution is 8.03. The first-order chi connectivity index (χ1) is 13.3. The minimum absolute atomic E-state index is 0.108. The van der Waals surface area contributed by atoms with Crippen molar-refractivity contribution in [3.8, 4) is 5.75 Å². The van der Waals surface area contributed by atoms with Gasteiger partial charge in [0.2, 0.25) is 5.91 Å². The topological polar surface area (TPSA) is 91.1 Å². The highest BCUT2D eigenvalue weighted by Crippen LogP contribution is 2.34. The van der Waals surface area contributed by atoms with Gasteiger partial charge < -0.3 is 10.1 Å². The molecule has 1 unspecified atom stereocenters. The van der Waals surface area contributed by atoms with Gasteiger partial charge in [0, 0.05) is 4.91 Å². The number of imide groups is 1. The molecule has 2 aliphatic rings. The largest absolute Gasteiger partial charge is 0.495 e. The molecule has 0 saturated carbocycles. The number of carbonyl (C=O) groups excluding carboxylic acids is 3. The molecular weight excluding hydrogens is 380 g/mol. The van der Waals surface area contributed by atoms with Gasteiger partial charge in [-0.15, -0.1) is 16.8 Å². The summed E-state index contributed by atoms with van der Waals surface area (Å²) in [5.41, 5.74) is 1.38. The first kappa shape index (κ1) is 19.8. The minimum Gasteiger partial charge on any atom is -0.495 e. The lowest BCUT2D eigenvalue weighted by molar-refractivity contribution is -0.407. The van der Waals surface area contributed by atoms with Crippen LogP contribution in [0.25, 0.3) is 0 Å². The molecule has 1 aromatic carbocycles. The number of dihydropyridines is 1. The number of aliphatic imine (C=N–C) groups is 1. The summed E-state index contributed by atoms with van der Waals surface area (Å²) in [6, 6.07) is 6.72. The van der Waals surface area contributed by atoms with Crippen molar-refractivity contribution in [1.29, 1.82) is 0 Å². The van der Waals surface area contributed by atoms with Crippen molar-refractivity contribution < 1.29 is 23.7 Å². The van der Waals surface area contributed by atoms with Crippen LogP contribution in [0.1, 0.15) is 6.92 Å². The molecule has 2 aliphatic heterocycles. The molecule has 0 bridgehead atoms. The van der Waals surface area contributed by atoms with Crippen LogP contribution in [0.5, 0.6) is 5.75 Å². The summed E-state index contributed by atoms with van der Waals surface area (Å²) in [6.07, 6.45) is 1.62. The molecule has 0 aromatic heterocycles. The standard InChI is InChI=1S/C19H20N4O4S/c1-11-9-20-17-15(18(25)23(3)19(26)22(17)2)16(11)28-10-14(24)21-12-7-5-6-8-13(12)27-4/h5-9,15H,10H2,1-4H3/p+1. The zero-order valence-electron chi connectivity index (χ0n) is 16.1. The Hall–Kier alpha value is -2.94. The quantitative estimate of drug-likeness (QED) is 0.762. The maximum atomic E-state index is 12.7. The van der Waals surface area contributed by atoms with Crippen LogP contribution in [-0.4, -0.2) is 66.3 Å². The number of nitrogens with one attached hydrogen (secondary N) is 1. The van der Waals surface area contributed by atoms with E-state index in [0.717, 1.165) is 15.4 Å². The van der Waals surface area contributed by atoms with E-state index in [9.17, 15) is 14.4 Å². The number of thioether (sulfide) groups is 1. The number of carbonyl (C=O) groups is 3. The second-order valence-corrected chi connectivity index (χ2v) is 7.39. The van der Waals surface area contributed by atoms with Gasteiger partial charge >= 0.3 is 11.9 Å². The number of allylic oxidation sites excluding steroid dienone is 1. The molecule has 0 radical (unpaired) electrons. The third-order valence-electron chi connectivity index (χ3n) is 4.53. The zero-order valence-corrected chi connectivity index (χ0v) is 16.9. The summed E-state index contributed by atoms with van der Waals surface area (Å²) >= 11 is 1.27. The fraction of sp³-hybridized carbons (Fsp3) is 0.316. The molecule has 3 rings (SSSR count). The van der Waals surface area contributed by atoms with Gasteiger partial charge in [0.25, 0.3) is 5.84 Å². The number of nitrogens with zero attached hydrogens (tertiary/aromatic N) is 3. The molecule has 0 fully saturated rings. The Balaban J connectivity index is 1.78. The fourth-order valence-corrected chi connectivity index (χ4v) is 4.05. The lowest BCUT2D eigenvalue weighted by atomic mass is 9.99. The minimum atomic E-state index is -0.679. The van der Waals surface area contributed by atoms with Crippen molar-refractivity contribution in [3.63, 3.8) is 0 Å². The Morgan fingerprint density at radius 3 is 2.79 bits per heavy atom. The average Bonchev–Trinajstić information content (AvgIpc) is 2.69. The van der Waals surface area contributed by atoms with Gasteiger partial charge in [0.1, 0.15) is 12.0 Å². The number of ether oxygens (including phenoxy) is 1. The lowest BCUT2D eigenvalue weighted by Crippen LogP contribution is -2.52. The molecular formula is C19H21N4O4S+. The SMILES string of the molecule is COc1ccccc1NC(=O)CSC1=C(C)C=NC2=[N+](C)C(=O)N(C)C(=O)C12. The van der Waals surface area contributed by atoms with Crippen LogP contribution in [0.15, 0.2) is 39.7 Å². The molecule has 4 amide bonds. The van der Waals surface area contributed by atoms with Crippen molar-refractivity contribution in [2.75, 3.05) is 32.3 Å². The number of hydrogen-bond donors (Lipinski definition) is 1. The van der Waals surface area contributed by atoms with Crippen LogP contribution in [0, 0.1) is 5.92 Å². The van der Waals surface area contributed by atoms with Crippen molar-refractivity contribution in [2.24, 2.45) is 10.9 Å². The van der Waals surface area contributed by atoms with E-state index in [2.05, 4.69) is 10.3 Å². The maximum Gasteiger partial charge on any atom is 0.445 e. The molecule has 8 nitrogen and oxygen atoms in total. The predicted octanol–water partition coefficient (Wildman–Crippen LogP) is 1.97. The Kier molecular flexibility index (Phi) is 5.64. The van der Waals surface area contributed by atoms with E-state index >= 15 is 0 Å². The highest BCUT2D eigenvalue weighted by Gasteiger charge is 2.47. The molecule has 28 heavy (non-hydrogen) atoms. The molecule has 1 aromatic rings. The van der Waals surface area contributed by atoms with Crippen LogP contribution >= 0.6 is 11.8 Å². The van der Waals surface area contributed by atoms with Crippen LogP contribution in [0.4, 0.5) is 10.5 Å². The van der Waals surface area contributed by atoms with E-state index in [1.165, 1.54) is 30.5 Å². The first-order valence-electron chi connectivity index (χ1n) is 8.57. The summed E-state index contributed by atoms with van der Waals surface area (Å²) in [5, 5.41) is 2.82. The van der Waals surface area contributed by atoms with Gasteiger partial charge in [-0.25, -0.2) is 4.79 Å². The summed E-state index contributed by atoms with van der Waals surface area (Å²) in [4.78, 5) is 43.4. The van der Waals surface area contributed by atoms with Gasteiger partial charge in [0.15, 0.2) is 5.92 Å². The first-order valence-corrected chi connectivity index (χ1v) is 9.56. The highest BCUT2D eigenvalue weighted by atomic mass is 32.2. The molecule has 1 atom stereocenters. The van der Waals surface area contributed by atoms with Gasteiger partial charge in [-0.05, 0) is 24.6 Å². The predicted molar refractivity (Wildman–Crippen MR) is 108 cm³/mol. The number of benzene rings is 1. The average molecular weight is 401 g/mol. The van der Waals surface area contributed by atoms with Crippen molar-refractivity contribution in [1.82, 2.24) is 4.90 Å². The Morgan fingerprint density at radius 1 is 1.36 bits per heavy atom. The van der Waals surface area contributed by atoms with E-state index < -0.39 is 11.9 Å². The van der Waals surface area contributed by atoms with Crippen molar-refractivity contribution >= 4 is 47.3 Å². The molecule has 0 aliphatic carbocycles. The summed E-state index contributed by atoms with van der Waals surface area (Å²) in [6.45, 7) is 1.84. The summed E-state index contributed by atoms with van der Waals surface area (Å²) < 4.78 is 6.60. The van der Waals surface area contributed by atoms with Crippen molar-refractivity contribution in [3.05, 3.63) is 34.7 Å². The second-order valence-electron chi connectivity index (χ2n) is 6.37. The molecule has 0 saturated heterocycles. The molecule has 9 heteroatoms. The van der Waals surface area contributed by atoms with Crippen LogP contribution in [-0.2, 0) is 9.59 Å². The Labute approximate surface area is 167 Å². The van der Waals surface area contributed by atoms with E-state index in [4.69, 9.17) is 4.74 Å². The number of methoxy groups -OCH3 is 1. The number of rotatable bonds is 5. The smallest absolute Gasteiger partial charge is 0.445 e. The van der Waals surface area contributed by atoms with Gasteiger partial charge in [-0.3, -0.25) is 9.59 Å². The third-order valence-corrected chi connectivity index (χ3v) is 5.81.